The van der Waals surface area contributed by atoms with Crippen molar-refractivity contribution in [3.63, 3.8) is 0 Å². The van der Waals surface area contributed by atoms with Crippen LogP contribution < -0.4 is 20.1 Å². The van der Waals surface area contributed by atoms with E-state index in [-0.39, 0.29) is 0 Å². The van der Waals surface area contributed by atoms with Crippen molar-refractivity contribution < 1.29 is 31.7 Å². The molecule has 0 amide bonds. The third-order valence-electron chi connectivity index (χ3n) is 2.88. The summed E-state index contributed by atoms with van der Waals surface area (Å²) in [7, 11) is -1.41. The molecule has 1 aliphatic rings. The van der Waals surface area contributed by atoms with Crippen LogP contribution >= 0.6 is 0 Å². The molecule has 1 heterocycles. The topological polar surface area (TPSA) is 132 Å². The molecule has 1 aliphatic heterocycles. The van der Waals surface area contributed by atoms with E-state index in [0.717, 1.165) is 37.7 Å². The summed E-state index contributed by atoms with van der Waals surface area (Å²) in [6, 6.07) is 3.71. The van der Waals surface area contributed by atoms with E-state index in [2.05, 4.69) is 4.90 Å². The maximum absolute atomic E-state index is 8.74. The lowest BCUT2D eigenvalue weighted by atomic mass is 10.2. The summed E-state index contributed by atoms with van der Waals surface area (Å²) in [6.07, 6.45) is 0. The van der Waals surface area contributed by atoms with Crippen molar-refractivity contribution in [3.05, 3.63) is 12.1 Å². The van der Waals surface area contributed by atoms with E-state index in [1.807, 2.05) is 6.07 Å². The monoisotopic (exact) mass is 336 g/mol. The van der Waals surface area contributed by atoms with Crippen LogP contribution in [-0.4, -0.2) is 58.0 Å². The maximum atomic E-state index is 8.74. The number of ether oxygens (including phenoxy) is 3. The van der Waals surface area contributed by atoms with Crippen molar-refractivity contribution in [1.82, 2.24) is 0 Å². The number of nitrogen functional groups attached to an aromatic ring is 1. The third-order valence-corrected chi connectivity index (χ3v) is 2.88. The van der Waals surface area contributed by atoms with E-state index >= 15 is 0 Å². The van der Waals surface area contributed by atoms with Gasteiger partial charge in [0, 0.05) is 25.2 Å². The van der Waals surface area contributed by atoms with Crippen molar-refractivity contribution in [1.29, 1.82) is 0 Å². The smallest absolute Gasteiger partial charge is 0.394 e. The molecular formula is C12H20N2O7S. The first kappa shape index (κ1) is 18.3. The Bertz CT molecular complexity index is 577. The lowest BCUT2D eigenvalue weighted by Gasteiger charge is -2.30. The minimum Gasteiger partial charge on any atom is -0.495 e. The van der Waals surface area contributed by atoms with Crippen LogP contribution in [-0.2, 0) is 15.1 Å². The number of methoxy groups -OCH3 is 2. The zero-order chi connectivity index (χ0) is 16.8. The number of benzene rings is 1. The highest BCUT2D eigenvalue weighted by Crippen LogP contribution is 2.37. The molecule has 9 nitrogen and oxygen atoms in total. The molecule has 0 saturated carbocycles. The lowest BCUT2D eigenvalue weighted by molar-refractivity contribution is 0.122. The van der Waals surface area contributed by atoms with Gasteiger partial charge >= 0.3 is 10.4 Å². The number of rotatable bonds is 3. The fourth-order valence-corrected chi connectivity index (χ4v) is 1.96. The van der Waals surface area contributed by atoms with Gasteiger partial charge in [0.2, 0.25) is 0 Å². The number of anilines is 2. The number of nitrogens with zero attached hydrogens (tertiary/aromatic N) is 1. The van der Waals surface area contributed by atoms with Crippen molar-refractivity contribution in [2.75, 3.05) is 51.2 Å². The quantitative estimate of drug-likeness (QED) is 0.532. The Labute approximate surface area is 129 Å². The molecule has 1 saturated heterocycles. The van der Waals surface area contributed by atoms with Crippen molar-refractivity contribution in [2.24, 2.45) is 0 Å². The van der Waals surface area contributed by atoms with Gasteiger partial charge in [0.1, 0.15) is 11.5 Å². The molecule has 0 aliphatic carbocycles. The summed E-state index contributed by atoms with van der Waals surface area (Å²) < 4.78 is 47.5. The van der Waals surface area contributed by atoms with Gasteiger partial charge in [0.15, 0.2) is 0 Å². The summed E-state index contributed by atoms with van der Waals surface area (Å²) in [5.74, 6) is 1.44. The Balaban J connectivity index is 0.000000422. The number of nitrogens with two attached hydrogens (primary N) is 1. The molecule has 0 unspecified atom stereocenters. The van der Waals surface area contributed by atoms with E-state index < -0.39 is 10.4 Å². The zero-order valence-corrected chi connectivity index (χ0v) is 13.2. The Kier molecular flexibility index (Phi) is 6.68. The van der Waals surface area contributed by atoms with E-state index in [9.17, 15) is 0 Å². The predicted octanol–water partition coefficient (Wildman–Crippen LogP) is 0.470. The standard InChI is InChI=1S/C12H18N2O3.H2O4S/c1-15-11-8-10(12(16-2)7-9(11)13)14-3-5-17-6-4-14;1-5(2,3)4/h7-8H,3-6,13H2,1-2H3;(H2,1,2,3,4). The minimum atomic E-state index is -4.67. The first-order valence-electron chi connectivity index (χ1n) is 6.30. The fraction of sp³-hybridized carbons (Fsp3) is 0.500. The van der Waals surface area contributed by atoms with E-state index in [0.29, 0.717) is 11.4 Å². The Morgan fingerprint density at radius 2 is 1.64 bits per heavy atom. The molecule has 10 heteroatoms. The van der Waals surface area contributed by atoms with E-state index in [1.54, 1.807) is 20.3 Å². The average Bonchev–Trinajstić information content (AvgIpc) is 2.46. The third kappa shape index (κ3) is 5.93. The first-order valence-corrected chi connectivity index (χ1v) is 7.70. The second-order valence-electron chi connectivity index (χ2n) is 4.31. The number of hydrogen-bond acceptors (Lipinski definition) is 7. The van der Waals surface area contributed by atoms with Crippen LogP contribution in [0.25, 0.3) is 0 Å². The highest BCUT2D eigenvalue weighted by Gasteiger charge is 2.17. The zero-order valence-electron chi connectivity index (χ0n) is 12.4. The van der Waals surface area contributed by atoms with Crippen molar-refractivity contribution in [3.8, 4) is 11.5 Å². The SMILES string of the molecule is COc1cc(N2CCOCC2)c(OC)cc1N.O=S(=O)(O)O. The van der Waals surface area contributed by atoms with Gasteiger partial charge < -0.3 is 24.8 Å². The van der Waals surface area contributed by atoms with Crippen LogP contribution in [0.15, 0.2) is 12.1 Å². The van der Waals surface area contributed by atoms with Gasteiger partial charge in [-0.2, -0.15) is 8.42 Å². The lowest BCUT2D eigenvalue weighted by Crippen LogP contribution is -2.36. The van der Waals surface area contributed by atoms with Gasteiger partial charge in [-0.05, 0) is 0 Å². The molecule has 126 valence electrons. The van der Waals surface area contributed by atoms with Gasteiger partial charge in [-0.1, -0.05) is 0 Å². The van der Waals surface area contributed by atoms with Crippen LogP contribution in [0.3, 0.4) is 0 Å². The molecule has 1 aromatic carbocycles. The molecule has 1 aromatic rings. The molecule has 0 bridgehead atoms. The van der Waals surface area contributed by atoms with Gasteiger partial charge in [-0.25, -0.2) is 0 Å². The Hall–Kier alpha value is -1.75. The van der Waals surface area contributed by atoms with Gasteiger partial charge in [-0.3, -0.25) is 9.11 Å². The molecule has 0 aromatic heterocycles. The second-order valence-corrected chi connectivity index (χ2v) is 5.21. The van der Waals surface area contributed by atoms with Crippen LogP contribution in [0.2, 0.25) is 0 Å². The van der Waals surface area contributed by atoms with Gasteiger partial charge in [-0.15, -0.1) is 0 Å². The van der Waals surface area contributed by atoms with Crippen LogP contribution in [0.4, 0.5) is 11.4 Å². The van der Waals surface area contributed by atoms with Crippen molar-refractivity contribution in [2.45, 2.75) is 0 Å². The molecular weight excluding hydrogens is 316 g/mol. The summed E-state index contributed by atoms with van der Waals surface area (Å²) in [6.45, 7) is 3.17. The molecule has 22 heavy (non-hydrogen) atoms. The highest BCUT2D eigenvalue weighted by molar-refractivity contribution is 7.79. The largest absolute Gasteiger partial charge is 0.495 e. The minimum absolute atomic E-state index is 0.585. The summed E-state index contributed by atoms with van der Waals surface area (Å²) in [4.78, 5) is 2.21. The molecule has 0 radical (unpaired) electrons. The fourth-order valence-electron chi connectivity index (χ4n) is 1.96. The molecule has 0 spiro atoms. The van der Waals surface area contributed by atoms with Crippen LogP contribution in [0, 0.1) is 0 Å². The predicted molar refractivity (Wildman–Crippen MR) is 81.2 cm³/mol. The molecule has 2 rings (SSSR count). The Morgan fingerprint density at radius 3 is 2.09 bits per heavy atom. The number of hydrogen-bond donors (Lipinski definition) is 3. The van der Waals surface area contributed by atoms with E-state index in [4.69, 9.17) is 37.5 Å². The first-order chi connectivity index (χ1) is 10.3. The van der Waals surface area contributed by atoms with Crippen LogP contribution in [0.5, 0.6) is 11.5 Å². The molecule has 1 fully saturated rings. The van der Waals surface area contributed by atoms with Gasteiger partial charge in [0.05, 0.1) is 38.8 Å². The maximum Gasteiger partial charge on any atom is 0.394 e. The molecule has 0 atom stereocenters. The molecule has 4 N–H and O–H groups in total. The van der Waals surface area contributed by atoms with Gasteiger partial charge in [0.25, 0.3) is 0 Å². The number of morpholine rings is 1. The summed E-state index contributed by atoms with van der Waals surface area (Å²) in [5.41, 5.74) is 7.44. The van der Waals surface area contributed by atoms with Crippen molar-refractivity contribution >= 4 is 21.8 Å². The normalized spacial score (nSPS) is 14.8. The highest BCUT2D eigenvalue weighted by atomic mass is 32.3. The Morgan fingerprint density at radius 1 is 1.14 bits per heavy atom. The second kappa shape index (κ2) is 8.03. The average molecular weight is 336 g/mol. The summed E-state index contributed by atoms with van der Waals surface area (Å²) >= 11 is 0. The summed E-state index contributed by atoms with van der Waals surface area (Å²) in [5, 5.41) is 0. The van der Waals surface area contributed by atoms with Crippen LogP contribution in [0.1, 0.15) is 0 Å². The van der Waals surface area contributed by atoms with E-state index in [1.165, 1.54) is 0 Å².